The fourth-order valence-electron chi connectivity index (χ4n) is 1.34. The van der Waals surface area contributed by atoms with Gasteiger partial charge in [0.1, 0.15) is 0 Å². The number of hydrogen-bond acceptors (Lipinski definition) is 3. The maximum atomic E-state index is 10.4. The second-order valence-electron chi connectivity index (χ2n) is 3.48. The Labute approximate surface area is 86.3 Å². The summed E-state index contributed by atoms with van der Waals surface area (Å²) in [6.45, 7) is 10.1. The molecule has 0 aromatic heterocycles. The van der Waals surface area contributed by atoms with Crippen molar-refractivity contribution in [3.05, 3.63) is 0 Å². The molecule has 14 heavy (non-hydrogen) atoms. The number of nitrogens with one attached hydrogen (secondary N) is 1. The van der Waals surface area contributed by atoms with Crippen LogP contribution < -0.4 is 5.32 Å². The topological polar surface area (TPSA) is 52.6 Å². The number of carboxylic acids is 1. The van der Waals surface area contributed by atoms with Crippen LogP contribution in [0.1, 0.15) is 27.2 Å². The van der Waals surface area contributed by atoms with Crippen LogP contribution in [0.15, 0.2) is 0 Å². The van der Waals surface area contributed by atoms with E-state index >= 15 is 0 Å². The summed E-state index contributed by atoms with van der Waals surface area (Å²) in [6, 6.07) is 0.0584. The monoisotopic (exact) mass is 202 g/mol. The molecule has 0 saturated carbocycles. The van der Waals surface area contributed by atoms with Crippen LogP contribution in [0.4, 0.5) is 0 Å². The van der Waals surface area contributed by atoms with Crippen LogP contribution in [-0.4, -0.2) is 48.2 Å². The van der Waals surface area contributed by atoms with Gasteiger partial charge in [0.05, 0.1) is 6.42 Å². The van der Waals surface area contributed by atoms with Crippen molar-refractivity contribution in [1.29, 1.82) is 0 Å². The minimum Gasteiger partial charge on any atom is -0.481 e. The zero-order chi connectivity index (χ0) is 11.0. The Morgan fingerprint density at radius 1 is 1.43 bits per heavy atom. The molecule has 0 aromatic rings. The Bertz CT molecular complexity index is 158. The number of nitrogens with zero attached hydrogens (tertiary/aromatic N) is 1. The first-order valence-corrected chi connectivity index (χ1v) is 5.27. The first kappa shape index (κ1) is 13.4. The van der Waals surface area contributed by atoms with Crippen LogP contribution >= 0.6 is 0 Å². The maximum absolute atomic E-state index is 10.4. The van der Waals surface area contributed by atoms with Crippen LogP contribution in [0.2, 0.25) is 0 Å². The number of hydrogen-bond donors (Lipinski definition) is 2. The molecule has 4 nitrogen and oxygen atoms in total. The molecule has 0 radical (unpaired) electrons. The SMILES string of the molecule is CCN(CC)CCN[C@H](C)CC(=O)O. The molecule has 0 fully saturated rings. The Morgan fingerprint density at radius 3 is 2.43 bits per heavy atom. The predicted octanol–water partition coefficient (Wildman–Crippen LogP) is 0.781. The highest BCUT2D eigenvalue weighted by atomic mass is 16.4. The van der Waals surface area contributed by atoms with E-state index in [1.165, 1.54) is 0 Å². The molecular weight excluding hydrogens is 180 g/mol. The lowest BCUT2D eigenvalue weighted by atomic mass is 10.2. The van der Waals surface area contributed by atoms with E-state index in [9.17, 15) is 4.79 Å². The highest BCUT2D eigenvalue weighted by Gasteiger charge is 2.06. The van der Waals surface area contributed by atoms with Crippen molar-refractivity contribution < 1.29 is 9.90 Å². The van der Waals surface area contributed by atoms with Crippen LogP contribution in [0.5, 0.6) is 0 Å². The van der Waals surface area contributed by atoms with Crippen molar-refractivity contribution in [2.24, 2.45) is 0 Å². The summed E-state index contributed by atoms with van der Waals surface area (Å²) in [5, 5.41) is 11.7. The van der Waals surface area contributed by atoms with E-state index in [-0.39, 0.29) is 12.5 Å². The number of likely N-dealkylation sites (N-methyl/N-ethyl adjacent to an activating group) is 1. The minimum absolute atomic E-state index is 0.0584. The van der Waals surface area contributed by atoms with Crippen molar-refractivity contribution in [1.82, 2.24) is 10.2 Å². The van der Waals surface area contributed by atoms with Crippen molar-refractivity contribution in [3.63, 3.8) is 0 Å². The van der Waals surface area contributed by atoms with Gasteiger partial charge < -0.3 is 15.3 Å². The quantitative estimate of drug-likeness (QED) is 0.611. The smallest absolute Gasteiger partial charge is 0.304 e. The third-order valence-corrected chi connectivity index (χ3v) is 2.30. The molecule has 0 bridgehead atoms. The van der Waals surface area contributed by atoms with Gasteiger partial charge in [0.25, 0.3) is 0 Å². The lowest BCUT2D eigenvalue weighted by Gasteiger charge is -2.19. The second-order valence-corrected chi connectivity index (χ2v) is 3.48. The van der Waals surface area contributed by atoms with Gasteiger partial charge in [0, 0.05) is 19.1 Å². The summed E-state index contributed by atoms with van der Waals surface area (Å²) in [4.78, 5) is 12.7. The third-order valence-electron chi connectivity index (χ3n) is 2.30. The molecule has 0 unspecified atom stereocenters. The molecule has 0 aliphatic rings. The summed E-state index contributed by atoms with van der Waals surface area (Å²) in [6.07, 6.45) is 0.193. The molecule has 0 aliphatic carbocycles. The predicted molar refractivity (Wildman–Crippen MR) is 57.5 cm³/mol. The molecule has 0 saturated heterocycles. The largest absolute Gasteiger partial charge is 0.481 e. The number of carbonyl (C=O) groups is 1. The first-order valence-electron chi connectivity index (χ1n) is 5.27. The average Bonchev–Trinajstić information content (AvgIpc) is 2.11. The average molecular weight is 202 g/mol. The number of carboxylic acid groups (broad SMARTS) is 1. The lowest BCUT2D eigenvalue weighted by molar-refractivity contribution is -0.137. The van der Waals surface area contributed by atoms with E-state index in [1.54, 1.807) is 0 Å². The molecular formula is C10H22N2O2. The second kappa shape index (κ2) is 7.76. The summed E-state index contributed by atoms with van der Waals surface area (Å²) in [5.41, 5.74) is 0. The van der Waals surface area contributed by atoms with E-state index in [0.29, 0.717) is 0 Å². The number of aliphatic carboxylic acids is 1. The van der Waals surface area contributed by atoms with Crippen LogP contribution in [-0.2, 0) is 4.79 Å². The van der Waals surface area contributed by atoms with Gasteiger partial charge in [-0.15, -0.1) is 0 Å². The minimum atomic E-state index is -0.743. The van der Waals surface area contributed by atoms with E-state index < -0.39 is 5.97 Å². The van der Waals surface area contributed by atoms with E-state index in [1.807, 2.05) is 6.92 Å². The molecule has 0 spiro atoms. The van der Waals surface area contributed by atoms with E-state index in [2.05, 4.69) is 24.1 Å². The van der Waals surface area contributed by atoms with Gasteiger partial charge in [-0.3, -0.25) is 4.79 Å². The van der Waals surface area contributed by atoms with Crippen molar-refractivity contribution in [2.45, 2.75) is 33.2 Å². The summed E-state index contributed by atoms with van der Waals surface area (Å²) < 4.78 is 0. The van der Waals surface area contributed by atoms with Crippen LogP contribution in [0.3, 0.4) is 0 Å². The van der Waals surface area contributed by atoms with Gasteiger partial charge in [-0.2, -0.15) is 0 Å². The fourth-order valence-corrected chi connectivity index (χ4v) is 1.34. The van der Waals surface area contributed by atoms with Crippen LogP contribution in [0.25, 0.3) is 0 Å². The molecule has 1 atom stereocenters. The molecule has 0 rings (SSSR count). The normalized spacial score (nSPS) is 13.1. The molecule has 2 N–H and O–H groups in total. The molecule has 0 heterocycles. The highest BCUT2D eigenvalue weighted by Crippen LogP contribution is 1.90. The fraction of sp³-hybridized carbons (Fsp3) is 0.900. The standard InChI is InChI=1S/C10H22N2O2/c1-4-12(5-2)7-6-11-9(3)8-10(13)14/h9,11H,4-8H2,1-3H3,(H,13,14)/t9-/m1/s1. The lowest BCUT2D eigenvalue weighted by Crippen LogP contribution is -2.36. The van der Waals surface area contributed by atoms with Gasteiger partial charge in [-0.25, -0.2) is 0 Å². The zero-order valence-electron chi connectivity index (χ0n) is 9.42. The highest BCUT2D eigenvalue weighted by molar-refractivity contribution is 5.67. The van der Waals surface area contributed by atoms with E-state index in [4.69, 9.17) is 5.11 Å². The molecule has 0 aliphatic heterocycles. The maximum Gasteiger partial charge on any atom is 0.304 e. The van der Waals surface area contributed by atoms with Crippen molar-refractivity contribution in [3.8, 4) is 0 Å². The molecule has 4 heteroatoms. The van der Waals surface area contributed by atoms with Crippen molar-refractivity contribution >= 4 is 5.97 Å². The summed E-state index contributed by atoms with van der Waals surface area (Å²) >= 11 is 0. The Balaban J connectivity index is 3.47. The van der Waals surface area contributed by atoms with E-state index in [0.717, 1.165) is 26.2 Å². The zero-order valence-corrected chi connectivity index (χ0v) is 9.42. The first-order chi connectivity index (χ1) is 6.60. The Kier molecular flexibility index (Phi) is 7.42. The molecule has 0 aromatic carbocycles. The third kappa shape index (κ3) is 6.86. The van der Waals surface area contributed by atoms with Gasteiger partial charge >= 0.3 is 5.97 Å². The molecule has 84 valence electrons. The molecule has 0 amide bonds. The van der Waals surface area contributed by atoms with Gasteiger partial charge in [-0.05, 0) is 20.0 Å². The van der Waals surface area contributed by atoms with Gasteiger partial charge in [0.2, 0.25) is 0 Å². The van der Waals surface area contributed by atoms with Gasteiger partial charge in [0.15, 0.2) is 0 Å². The summed E-state index contributed by atoms with van der Waals surface area (Å²) in [7, 11) is 0. The number of rotatable bonds is 8. The van der Waals surface area contributed by atoms with Crippen LogP contribution in [0, 0.1) is 0 Å². The van der Waals surface area contributed by atoms with Crippen molar-refractivity contribution in [2.75, 3.05) is 26.2 Å². The van der Waals surface area contributed by atoms with Gasteiger partial charge in [-0.1, -0.05) is 13.8 Å². The Hall–Kier alpha value is -0.610. The Morgan fingerprint density at radius 2 is 2.00 bits per heavy atom. The summed E-state index contributed by atoms with van der Waals surface area (Å²) in [5.74, 6) is -0.743.